The van der Waals surface area contributed by atoms with Crippen molar-refractivity contribution in [1.82, 2.24) is 35.9 Å². The third kappa shape index (κ3) is 5.00. The maximum absolute atomic E-state index is 11.8. The van der Waals surface area contributed by atoms with Crippen LogP contribution in [0, 0.1) is 5.92 Å². The van der Waals surface area contributed by atoms with Gasteiger partial charge in [-0.05, 0) is 72.8 Å². The molecule has 1 aliphatic carbocycles. The summed E-state index contributed by atoms with van der Waals surface area (Å²) in [6.45, 7) is 7.35. The van der Waals surface area contributed by atoms with Crippen molar-refractivity contribution in [1.29, 1.82) is 0 Å². The first-order chi connectivity index (χ1) is 18.1. The number of aromatic nitrogens is 2. The number of aryl methyl sites for hydroxylation is 1. The number of hydrazine groups is 1. The normalized spacial score (nSPS) is 28.3. The van der Waals surface area contributed by atoms with E-state index >= 15 is 0 Å². The number of imidazole rings is 1. The summed E-state index contributed by atoms with van der Waals surface area (Å²) in [4.78, 5) is 24.5. The Morgan fingerprint density at radius 3 is 2.86 bits per heavy atom. The van der Waals surface area contributed by atoms with Crippen LogP contribution in [0.1, 0.15) is 67.2 Å². The fourth-order valence-electron chi connectivity index (χ4n) is 6.72. The Morgan fingerprint density at radius 2 is 2.08 bits per heavy atom. The van der Waals surface area contributed by atoms with Crippen LogP contribution >= 0.6 is 0 Å². The minimum Gasteiger partial charge on any atom is -0.508 e. The van der Waals surface area contributed by atoms with Crippen LogP contribution in [-0.2, 0) is 6.42 Å². The highest BCUT2D eigenvalue weighted by Gasteiger charge is 2.42. The predicted octanol–water partition coefficient (Wildman–Crippen LogP) is 2.89. The first-order valence-corrected chi connectivity index (χ1v) is 13.9. The van der Waals surface area contributed by atoms with Gasteiger partial charge in [0.1, 0.15) is 11.6 Å². The van der Waals surface area contributed by atoms with Crippen molar-refractivity contribution in [3.63, 3.8) is 0 Å². The van der Waals surface area contributed by atoms with E-state index in [-0.39, 0.29) is 12.1 Å². The molecule has 198 valence electrons. The molecule has 2 saturated heterocycles. The molecule has 2 aromatic rings. The Bertz CT molecular complexity index is 1160. The van der Waals surface area contributed by atoms with E-state index in [2.05, 4.69) is 45.1 Å². The van der Waals surface area contributed by atoms with Gasteiger partial charge in [-0.1, -0.05) is 19.1 Å². The fraction of sp³-hybridized carbons (Fsp3) is 0.571. The summed E-state index contributed by atoms with van der Waals surface area (Å²) >= 11 is 0. The number of phenols is 1. The van der Waals surface area contributed by atoms with E-state index in [0.29, 0.717) is 23.6 Å². The summed E-state index contributed by atoms with van der Waals surface area (Å²) in [6, 6.07) is 6.56. The van der Waals surface area contributed by atoms with Crippen LogP contribution < -0.4 is 16.2 Å². The monoisotopic (exact) mass is 505 g/mol. The molecule has 1 saturated carbocycles. The third-order valence-electron chi connectivity index (χ3n) is 8.86. The number of hydrogen-bond donors (Lipinski definition) is 5. The van der Waals surface area contributed by atoms with E-state index in [1.165, 1.54) is 16.7 Å². The Labute approximate surface area is 218 Å². The van der Waals surface area contributed by atoms with Crippen LogP contribution in [0.5, 0.6) is 5.75 Å². The quantitative estimate of drug-likeness (QED) is 0.396. The number of nitrogens with zero attached hydrogens (tertiary/aromatic N) is 3. The van der Waals surface area contributed by atoms with Crippen LogP contribution in [0.25, 0.3) is 5.57 Å². The molecule has 37 heavy (non-hydrogen) atoms. The van der Waals surface area contributed by atoms with Gasteiger partial charge in [0.15, 0.2) is 0 Å². The van der Waals surface area contributed by atoms with Gasteiger partial charge in [0.05, 0.1) is 17.9 Å². The highest BCUT2D eigenvalue weighted by atomic mass is 16.3. The molecule has 9 heteroatoms. The zero-order valence-corrected chi connectivity index (χ0v) is 21.7. The number of fused-ring (bicyclic) bond motifs is 1. The number of phenolic OH excluding ortho intramolecular Hbond substituents is 1. The smallest absolute Gasteiger partial charge is 0.317 e. The lowest BCUT2D eigenvalue weighted by atomic mass is 9.73. The van der Waals surface area contributed by atoms with Crippen molar-refractivity contribution in [2.75, 3.05) is 39.3 Å². The van der Waals surface area contributed by atoms with Crippen LogP contribution in [0.15, 0.2) is 30.5 Å². The fourth-order valence-corrected chi connectivity index (χ4v) is 6.72. The second kappa shape index (κ2) is 10.5. The van der Waals surface area contributed by atoms with Crippen molar-refractivity contribution in [2.24, 2.45) is 5.92 Å². The highest BCUT2D eigenvalue weighted by molar-refractivity contribution is 5.76. The van der Waals surface area contributed by atoms with Gasteiger partial charge >= 0.3 is 6.03 Å². The lowest BCUT2D eigenvalue weighted by molar-refractivity contribution is 0.205. The number of nitrogens with one attached hydrogen (secondary N) is 4. The average molecular weight is 506 g/mol. The maximum atomic E-state index is 11.8. The van der Waals surface area contributed by atoms with Crippen molar-refractivity contribution < 1.29 is 9.90 Å². The van der Waals surface area contributed by atoms with Crippen LogP contribution in [0.2, 0.25) is 0 Å². The predicted molar refractivity (Wildman–Crippen MR) is 143 cm³/mol. The summed E-state index contributed by atoms with van der Waals surface area (Å²) in [5, 5.41) is 12.8. The molecule has 1 aromatic carbocycles. The van der Waals surface area contributed by atoms with E-state index < -0.39 is 0 Å². The molecule has 0 radical (unpaired) electrons. The average Bonchev–Trinajstić information content (AvgIpc) is 3.67. The van der Waals surface area contributed by atoms with Crippen LogP contribution in [0.3, 0.4) is 0 Å². The van der Waals surface area contributed by atoms with Crippen molar-refractivity contribution >= 4 is 11.6 Å². The van der Waals surface area contributed by atoms with E-state index in [4.69, 9.17) is 4.98 Å². The van der Waals surface area contributed by atoms with E-state index in [0.717, 1.165) is 82.9 Å². The molecule has 0 spiro atoms. The van der Waals surface area contributed by atoms with Gasteiger partial charge in [0.2, 0.25) is 0 Å². The van der Waals surface area contributed by atoms with E-state index in [1.54, 1.807) is 0 Å². The number of hydrogen-bond acceptors (Lipinski definition) is 6. The van der Waals surface area contributed by atoms with Gasteiger partial charge in [-0.25, -0.2) is 15.2 Å². The number of carbonyl (C=O) groups is 1. The van der Waals surface area contributed by atoms with Crippen molar-refractivity contribution in [3.8, 4) is 5.75 Å². The number of benzene rings is 1. The molecule has 9 nitrogen and oxygen atoms in total. The molecule has 3 fully saturated rings. The maximum Gasteiger partial charge on any atom is 0.317 e. The Balaban J connectivity index is 1.05. The molecule has 4 aliphatic rings. The molecular weight excluding hydrogens is 466 g/mol. The molecule has 1 aromatic heterocycles. The first-order valence-electron chi connectivity index (χ1n) is 13.9. The Kier molecular flexibility index (Phi) is 6.92. The molecule has 4 atom stereocenters. The molecule has 4 unspecified atom stereocenters. The van der Waals surface area contributed by atoms with Crippen LogP contribution in [0.4, 0.5) is 4.79 Å². The molecule has 0 bridgehead atoms. The van der Waals surface area contributed by atoms with Gasteiger partial charge in [-0.3, -0.25) is 10.3 Å². The lowest BCUT2D eigenvalue weighted by Gasteiger charge is -2.33. The van der Waals surface area contributed by atoms with Gasteiger partial charge < -0.3 is 20.3 Å². The minimum absolute atomic E-state index is 0.0648. The summed E-state index contributed by atoms with van der Waals surface area (Å²) in [5.41, 5.74) is 12.2. The zero-order valence-electron chi connectivity index (χ0n) is 21.7. The van der Waals surface area contributed by atoms with Crippen LogP contribution in [-0.4, -0.2) is 76.2 Å². The van der Waals surface area contributed by atoms with Gasteiger partial charge in [-0.2, -0.15) is 0 Å². The van der Waals surface area contributed by atoms with Gasteiger partial charge in [0.25, 0.3) is 0 Å². The summed E-state index contributed by atoms with van der Waals surface area (Å²) in [6.07, 6.45) is 9.64. The SMILES string of the molecule is CCc1cc(O)ccc1C1CCC2C(C1)NNC2c1ncc(C2=CCN(CCN3CCNC3=O)CC2)[nH]1. The Hall–Kier alpha value is -2.88. The lowest BCUT2D eigenvalue weighted by Crippen LogP contribution is -2.38. The molecule has 2 amide bonds. The number of aromatic amines is 1. The minimum atomic E-state index is 0.0648. The number of urea groups is 1. The summed E-state index contributed by atoms with van der Waals surface area (Å²) in [5.74, 6) is 2.42. The molecule has 5 N–H and O–H groups in total. The first kappa shape index (κ1) is 24.5. The Morgan fingerprint density at radius 1 is 1.16 bits per heavy atom. The highest BCUT2D eigenvalue weighted by Crippen LogP contribution is 2.44. The molecule has 6 rings (SSSR count). The van der Waals surface area contributed by atoms with Crippen molar-refractivity contribution in [3.05, 3.63) is 53.1 Å². The number of aromatic hydroxyl groups is 1. The molecule has 3 aliphatic heterocycles. The summed E-state index contributed by atoms with van der Waals surface area (Å²) in [7, 11) is 0. The topological polar surface area (TPSA) is 109 Å². The van der Waals surface area contributed by atoms with E-state index in [9.17, 15) is 9.90 Å². The number of carbonyl (C=O) groups excluding carboxylic acids is 1. The number of amides is 2. The van der Waals surface area contributed by atoms with E-state index in [1.807, 2.05) is 23.2 Å². The van der Waals surface area contributed by atoms with Gasteiger partial charge in [-0.15, -0.1) is 0 Å². The standard InChI is InChI=1S/C28H39N7O2/c1-2-18-15-21(36)4-6-22(18)20-3-5-23-24(16-20)32-33-26(23)27-30-17-25(31-27)19-7-10-34(11-8-19)13-14-35-12-9-29-28(35)37/h4,6-7,15,17,20,23-24,26,32-33,36H,2-3,5,8-14,16H2,1H3,(H,29,37)(H,30,31). The summed E-state index contributed by atoms with van der Waals surface area (Å²) < 4.78 is 0. The molecule has 4 heterocycles. The molecular formula is C28H39N7O2. The zero-order chi connectivity index (χ0) is 25.4. The number of H-pyrrole nitrogens is 1. The second-order valence-electron chi connectivity index (χ2n) is 11.0. The number of rotatable bonds is 7. The second-order valence-corrected chi connectivity index (χ2v) is 11.0. The van der Waals surface area contributed by atoms with Crippen molar-refractivity contribution in [2.45, 2.75) is 57.0 Å². The third-order valence-corrected chi connectivity index (χ3v) is 8.86. The van der Waals surface area contributed by atoms with Gasteiger partial charge in [0, 0.05) is 45.3 Å². The largest absolute Gasteiger partial charge is 0.508 e.